The van der Waals surface area contributed by atoms with Gasteiger partial charge >= 0.3 is 5.97 Å². The van der Waals surface area contributed by atoms with Gasteiger partial charge in [0, 0.05) is 29.4 Å². The van der Waals surface area contributed by atoms with E-state index in [0.717, 1.165) is 43.2 Å². The van der Waals surface area contributed by atoms with Gasteiger partial charge in [0.15, 0.2) is 0 Å². The fourth-order valence-corrected chi connectivity index (χ4v) is 4.24. The fourth-order valence-electron chi connectivity index (χ4n) is 4.05. The largest absolute Gasteiger partial charge is 0.465 e. The second-order valence-corrected chi connectivity index (χ2v) is 8.08. The van der Waals surface area contributed by atoms with Crippen molar-refractivity contribution in [1.29, 1.82) is 0 Å². The van der Waals surface area contributed by atoms with Crippen molar-refractivity contribution in [1.82, 2.24) is 15.1 Å². The Labute approximate surface area is 180 Å². The first kappa shape index (κ1) is 20.5. The predicted molar refractivity (Wildman–Crippen MR) is 113 cm³/mol. The highest BCUT2D eigenvalue weighted by atomic mass is 35.5. The standard InChI is InChI=1S/C23H24ClN3O3/c24-19-9-4-8-18(15-19)23(11-2-1-3-12-23)22(28)29-14-6-10-20-26-21(27-30-20)17-7-5-13-25-16-17/h4-5,7-9,13,15-16H,1-3,6,10-12,14H2. The number of hydrogen-bond donors (Lipinski definition) is 0. The average Bonchev–Trinajstić information content (AvgIpc) is 3.27. The average molecular weight is 426 g/mol. The minimum atomic E-state index is -0.596. The quantitative estimate of drug-likeness (QED) is 0.384. The number of rotatable bonds is 7. The van der Waals surface area contributed by atoms with Crippen LogP contribution in [0.5, 0.6) is 0 Å². The first-order valence-electron chi connectivity index (χ1n) is 10.3. The molecule has 0 radical (unpaired) electrons. The van der Waals surface area contributed by atoms with Crippen molar-refractivity contribution >= 4 is 17.6 Å². The lowest BCUT2D eigenvalue weighted by Gasteiger charge is -2.35. The molecule has 156 valence electrons. The number of nitrogens with zero attached hydrogens (tertiary/aromatic N) is 3. The van der Waals surface area contributed by atoms with Crippen LogP contribution < -0.4 is 0 Å². The molecule has 0 spiro atoms. The van der Waals surface area contributed by atoms with E-state index in [-0.39, 0.29) is 5.97 Å². The van der Waals surface area contributed by atoms with Crippen LogP contribution in [0.3, 0.4) is 0 Å². The summed E-state index contributed by atoms with van der Waals surface area (Å²) in [6.45, 7) is 0.311. The van der Waals surface area contributed by atoms with E-state index in [1.807, 2.05) is 36.4 Å². The van der Waals surface area contributed by atoms with Gasteiger partial charge < -0.3 is 9.26 Å². The monoisotopic (exact) mass is 425 g/mol. The number of carbonyl (C=O) groups is 1. The van der Waals surface area contributed by atoms with E-state index in [0.29, 0.717) is 36.2 Å². The van der Waals surface area contributed by atoms with Gasteiger partial charge in [-0.1, -0.05) is 48.2 Å². The van der Waals surface area contributed by atoms with E-state index in [4.69, 9.17) is 20.9 Å². The van der Waals surface area contributed by atoms with Crippen LogP contribution in [-0.2, 0) is 21.4 Å². The molecule has 0 saturated heterocycles. The Balaban J connectivity index is 1.35. The van der Waals surface area contributed by atoms with Gasteiger partial charge in [-0.3, -0.25) is 9.78 Å². The normalized spacial score (nSPS) is 15.6. The highest BCUT2D eigenvalue weighted by Crippen LogP contribution is 2.41. The summed E-state index contributed by atoms with van der Waals surface area (Å²) in [5, 5.41) is 4.63. The summed E-state index contributed by atoms with van der Waals surface area (Å²) in [4.78, 5) is 21.6. The number of carbonyl (C=O) groups excluding carboxylic acids is 1. The summed E-state index contributed by atoms with van der Waals surface area (Å²) < 4.78 is 11.0. The van der Waals surface area contributed by atoms with Crippen LogP contribution in [0.25, 0.3) is 11.4 Å². The highest BCUT2D eigenvalue weighted by molar-refractivity contribution is 6.30. The summed E-state index contributed by atoms with van der Waals surface area (Å²) in [6.07, 6.45) is 9.32. The first-order valence-corrected chi connectivity index (χ1v) is 10.7. The molecule has 2 aromatic heterocycles. The van der Waals surface area contributed by atoms with E-state index < -0.39 is 5.41 Å². The van der Waals surface area contributed by atoms with Crippen molar-refractivity contribution in [3.05, 3.63) is 65.3 Å². The van der Waals surface area contributed by atoms with Gasteiger partial charge in [0.25, 0.3) is 0 Å². The summed E-state index contributed by atoms with van der Waals surface area (Å²) in [5.74, 6) is 0.871. The second kappa shape index (κ2) is 9.39. The van der Waals surface area contributed by atoms with E-state index >= 15 is 0 Å². The van der Waals surface area contributed by atoms with Gasteiger partial charge in [-0.05, 0) is 49.1 Å². The maximum atomic E-state index is 13.1. The van der Waals surface area contributed by atoms with Crippen LogP contribution in [0.1, 0.15) is 50.0 Å². The summed E-state index contributed by atoms with van der Waals surface area (Å²) in [6, 6.07) is 11.3. The Morgan fingerprint density at radius 3 is 2.80 bits per heavy atom. The SMILES string of the molecule is O=C(OCCCc1nc(-c2cccnc2)no1)C1(c2cccc(Cl)c2)CCCCC1. The summed E-state index contributed by atoms with van der Waals surface area (Å²) >= 11 is 6.19. The van der Waals surface area contributed by atoms with E-state index in [9.17, 15) is 4.79 Å². The number of aryl methyl sites for hydroxylation is 1. The molecular weight excluding hydrogens is 402 g/mol. The number of pyridine rings is 1. The van der Waals surface area contributed by atoms with Crippen LogP contribution >= 0.6 is 11.6 Å². The lowest BCUT2D eigenvalue weighted by atomic mass is 9.69. The lowest BCUT2D eigenvalue weighted by molar-refractivity contribution is -0.152. The van der Waals surface area contributed by atoms with Gasteiger partial charge in [0.1, 0.15) is 0 Å². The Morgan fingerprint density at radius 1 is 1.17 bits per heavy atom. The number of halogens is 1. The molecule has 2 heterocycles. The fraction of sp³-hybridized carbons (Fsp3) is 0.391. The Hall–Kier alpha value is -2.73. The number of aromatic nitrogens is 3. The lowest BCUT2D eigenvalue weighted by Crippen LogP contribution is -2.39. The molecule has 0 amide bonds. The second-order valence-electron chi connectivity index (χ2n) is 7.65. The van der Waals surface area contributed by atoms with Gasteiger partial charge in [0.2, 0.25) is 11.7 Å². The molecular formula is C23H24ClN3O3. The van der Waals surface area contributed by atoms with Crippen molar-refractivity contribution in [3.63, 3.8) is 0 Å². The smallest absolute Gasteiger partial charge is 0.316 e. The van der Waals surface area contributed by atoms with Crippen LogP contribution in [-0.4, -0.2) is 27.7 Å². The molecule has 1 aliphatic rings. The Morgan fingerprint density at radius 2 is 2.03 bits per heavy atom. The number of esters is 1. The molecule has 7 heteroatoms. The molecule has 1 aromatic carbocycles. The number of hydrogen-bond acceptors (Lipinski definition) is 6. The van der Waals surface area contributed by atoms with Gasteiger partial charge in [0.05, 0.1) is 12.0 Å². The summed E-state index contributed by atoms with van der Waals surface area (Å²) in [7, 11) is 0. The van der Waals surface area contributed by atoms with E-state index in [2.05, 4.69) is 15.1 Å². The topological polar surface area (TPSA) is 78.1 Å². The van der Waals surface area contributed by atoms with Crippen LogP contribution in [0.15, 0.2) is 53.3 Å². The molecule has 30 heavy (non-hydrogen) atoms. The molecule has 0 atom stereocenters. The van der Waals surface area contributed by atoms with Crippen molar-refractivity contribution in [3.8, 4) is 11.4 Å². The number of benzene rings is 1. The Kier molecular flexibility index (Phi) is 6.43. The number of ether oxygens (including phenoxy) is 1. The zero-order valence-electron chi connectivity index (χ0n) is 16.7. The Bertz CT molecular complexity index is 984. The molecule has 4 rings (SSSR count). The molecule has 1 saturated carbocycles. The molecule has 0 N–H and O–H groups in total. The van der Waals surface area contributed by atoms with Crippen molar-refractivity contribution in [2.75, 3.05) is 6.61 Å². The molecule has 0 bridgehead atoms. The zero-order chi connectivity index (χ0) is 20.8. The van der Waals surface area contributed by atoms with Crippen molar-refractivity contribution in [2.45, 2.75) is 50.4 Å². The molecule has 1 aliphatic carbocycles. The van der Waals surface area contributed by atoms with E-state index in [1.165, 1.54) is 0 Å². The first-order chi connectivity index (χ1) is 14.7. The van der Waals surface area contributed by atoms with E-state index in [1.54, 1.807) is 12.4 Å². The summed E-state index contributed by atoms with van der Waals surface area (Å²) in [5.41, 5.74) is 1.17. The third-order valence-corrected chi connectivity index (χ3v) is 5.87. The molecule has 3 aromatic rings. The highest BCUT2D eigenvalue weighted by Gasteiger charge is 2.42. The minimum Gasteiger partial charge on any atom is -0.465 e. The van der Waals surface area contributed by atoms with Crippen LogP contribution in [0.2, 0.25) is 5.02 Å². The molecule has 1 fully saturated rings. The maximum absolute atomic E-state index is 13.1. The zero-order valence-corrected chi connectivity index (χ0v) is 17.5. The maximum Gasteiger partial charge on any atom is 0.316 e. The van der Waals surface area contributed by atoms with Gasteiger partial charge in [-0.15, -0.1) is 0 Å². The molecule has 0 aliphatic heterocycles. The molecule has 6 nitrogen and oxygen atoms in total. The predicted octanol–water partition coefficient (Wildman–Crippen LogP) is 5.16. The van der Waals surface area contributed by atoms with Crippen molar-refractivity contribution < 1.29 is 14.1 Å². The third-order valence-electron chi connectivity index (χ3n) is 5.63. The third kappa shape index (κ3) is 4.54. The van der Waals surface area contributed by atoms with Gasteiger partial charge in [-0.2, -0.15) is 4.98 Å². The van der Waals surface area contributed by atoms with Gasteiger partial charge in [-0.25, -0.2) is 0 Å². The van der Waals surface area contributed by atoms with Crippen LogP contribution in [0, 0.1) is 0 Å². The van der Waals surface area contributed by atoms with Crippen molar-refractivity contribution in [2.24, 2.45) is 0 Å². The van der Waals surface area contributed by atoms with Crippen LogP contribution in [0.4, 0.5) is 0 Å². The minimum absolute atomic E-state index is 0.161. The molecule has 0 unspecified atom stereocenters.